The molecule has 2 aliphatic heterocycles. The topological polar surface area (TPSA) is 298 Å². The molecule has 0 unspecified atom stereocenters. The Morgan fingerprint density at radius 3 is 1.20 bits per heavy atom. The van der Waals surface area contributed by atoms with Crippen LogP contribution >= 0.6 is 0 Å². The van der Waals surface area contributed by atoms with E-state index in [0.29, 0.717) is 0 Å². The van der Waals surface area contributed by atoms with Gasteiger partial charge in [0.25, 0.3) is 0 Å². The molecular weight excluding hydrogens is 720 g/mol. The van der Waals surface area contributed by atoms with Crippen molar-refractivity contribution in [3.63, 3.8) is 0 Å². The standard InChI is InChI=1S/C36H22O18/c37-11-1-12(38)4-15(3-11)49-29-20(44)8-22(46)31-35(29)54-33-24(51-31)10-18(42)25(27(33)48)26-17(41)7-19(43)28-34(26)52-32-23(47)9-21(45)30(36(32)53-28)50-16-5-13(39)2-14(40)6-16/h1-10,37-48H. The van der Waals surface area contributed by atoms with Gasteiger partial charge >= 0.3 is 0 Å². The summed E-state index contributed by atoms with van der Waals surface area (Å²) in [7, 11) is 0. The largest absolute Gasteiger partial charge is 0.508 e. The van der Waals surface area contributed by atoms with Gasteiger partial charge in [-0.15, -0.1) is 0 Å². The third-order valence-corrected chi connectivity index (χ3v) is 7.96. The molecule has 0 aromatic heterocycles. The molecule has 0 spiro atoms. The molecule has 8 rings (SSSR count). The third-order valence-electron chi connectivity index (χ3n) is 7.96. The second-order valence-corrected chi connectivity index (χ2v) is 11.7. The molecule has 0 saturated carbocycles. The first-order valence-electron chi connectivity index (χ1n) is 15.2. The van der Waals surface area contributed by atoms with Crippen molar-refractivity contribution in [1.29, 1.82) is 0 Å². The van der Waals surface area contributed by atoms with Crippen LogP contribution in [0.1, 0.15) is 0 Å². The number of rotatable bonds is 5. The van der Waals surface area contributed by atoms with E-state index in [-0.39, 0.29) is 11.5 Å². The fourth-order valence-electron chi connectivity index (χ4n) is 5.76. The summed E-state index contributed by atoms with van der Waals surface area (Å²) in [4.78, 5) is 0. The van der Waals surface area contributed by atoms with Crippen LogP contribution in [0.3, 0.4) is 0 Å². The Labute approximate surface area is 299 Å². The second kappa shape index (κ2) is 11.6. The van der Waals surface area contributed by atoms with Gasteiger partial charge in [-0.05, 0) is 0 Å². The number of hydrogen-bond donors (Lipinski definition) is 12. The summed E-state index contributed by atoms with van der Waals surface area (Å²) in [5, 5.41) is 127. The van der Waals surface area contributed by atoms with Crippen LogP contribution in [0.5, 0.6) is 138 Å². The Bertz CT molecular complexity index is 2560. The Morgan fingerprint density at radius 1 is 0.315 bits per heavy atom. The molecular formula is C36H22O18. The molecule has 274 valence electrons. The summed E-state index contributed by atoms with van der Waals surface area (Å²) < 4.78 is 34.5. The normalized spacial score (nSPS) is 12.1. The number of aromatic hydroxyl groups is 12. The highest BCUT2D eigenvalue weighted by molar-refractivity contribution is 5.92. The van der Waals surface area contributed by atoms with Crippen molar-refractivity contribution < 1.29 is 89.7 Å². The molecule has 0 aliphatic carbocycles. The van der Waals surface area contributed by atoms with Crippen molar-refractivity contribution in [2.24, 2.45) is 0 Å². The second-order valence-electron chi connectivity index (χ2n) is 11.7. The van der Waals surface area contributed by atoms with Crippen LogP contribution in [0.4, 0.5) is 0 Å². The molecule has 0 fully saturated rings. The van der Waals surface area contributed by atoms with Crippen LogP contribution in [0.15, 0.2) is 60.7 Å². The molecule has 0 bridgehead atoms. The molecule has 2 aliphatic rings. The maximum absolute atomic E-state index is 11.6. The van der Waals surface area contributed by atoms with E-state index >= 15 is 0 Å². The highest BCUT2D eigenvalue weighted by atomic mass is 16.6. The van der Waals surface area contributed by atoms with Gasteiger partial charge in [0, 0.05) is 60.7 Å². The Morgan fingerprint density at radius 2 is 0.704 bits per heavy atom. The number of hydrogen-bond acceptors (Lipinski definition) is 18. The molecule has 18 heteroatoms. The zero-order valence-electron chi connectivity index (χ0n) is 26.6. The van der Waals surface area contributed by atoms with Gasteiger partial charge in [0.05, 0.1) is 11.1 Å². The first kappa shape index (κ1) is 32.9. The van der Waals surface area contributed by atoms with Gasteiger partial charge in [0.15, 0.2) is 46.0 Å². The number of ether oxygens (including phenoxy) is 6. The van der Waals surface area contributed by atoms with E-state index < -0.39 is 138 Å². The summed E-state index contributed by atoms with van der Waals surface area (Å²) in [6.07, 6.45) is 0. The van der Waals surface area contributed by atoms with Gasteiger partial charge in [-0.1, -0.05) is 0 Å². The summed E-state index contributed by atoms with van der Waals surface area (Å²) in [5.74, 6) is -13.6. The quantitative estimate of drug-likeness (QED) is 0.0829. The highest BCUT2D eigenvalue weighted by Crippen LogP contribution is 2.67. The predicted molar refractivity (Wildman–Crippen MR) is 178 cm³/mol. The van der Waals surface area contributed by atoms with Crippen LogP contribution in [-0.4, -0.2) is 61.3 Å². The van der Waals surface area contributed by atoms with Gasteiger partial charge in [0.2, 0.25) is 46.0 Å². The minimum Gasteiger partial charge on any atom is -0.508 e. The Balaban J connectivity index is 1.24. The Hall–Kier alpha value is -8.28. The molecule has 0 amide bonds. The van der Waals surface area contributed by atoms with Gasteiger partial charge in [-0.3, -0.25) is 0 Å². The van der Waals surface area contributed by atoms with E-state index in [4.69, 9.17) is 28.4 Å². The van der Waals surface area contributed by atoms with Crippen LogP contribution < -0.4 is 28.4 Å². The molecule has 54 heavy (non-hydrogen) atoms. The van der Waals surface area contributed by atoms with Crippen LogP contribution in [-0.2, 0) is 0 Å². The fourth-order valence-corrected chi connectivity index (χ4v) is 5.76. The SMILES string of the molecule is Oc1cc(O)cc(Oc2c(O)cc(O)c3c2Oc2c(cc(O)c(-c4c(O)cc(O)c5c4Oc4c(O)cc(O)c(Oc6cc(O)cc(O)c6)c4O5)c2O)O3)c1. The zero-order valence-corrected chi connectivity index (χ0v) is 26.6. The summed E-state index contributed by atoms with van der Waals surface area (Å²) in [6, 6.07) is 9.58. The first-order valence-corrected chi connectivity index (χ1v) is 15.2. The van der Waals surface area contributed by atoms with E-state index in [2.05, 4.69) is 0 Å². The number of phenolic OH excluding ortho intramolecular Hbond substituents is 12. The Kier molecular flexibility index (Phi) is 7.09. The minimum atomic E-state index is -0.959. The van der Waals surface area contributed by atoms with Crippen molar-refractivity contribution in [2.45, 2.75) is 0 Å². The van der Waals surface area contributed by atoms with Gasteiger partial charge < -0.3 is 89.7 Å². The lowest BCUT2D eigenvalue weighted by molar-refractivity contribution is 0.297. The van der Waals surface area contributed by atoms with Crippen molar-refractivity contribution in [1.82, 2.24) is 0 Å². The molecule has 18 nitrogen and oxygen atoms in total. The van der Waals surface area contributed by atoms with E-state index in [1.54, 1.807) is 0 Å². The van der Waals surface area contributed by atoms with E-state index in [0.717, 1.165) is 60.7 Å². The maximum atomic E-state index is 11.6. The average Bonchev–Trinajstić information content (AvgIpc) is 3.08. The van der Waals surface area contributed by atoms with Crippen LogP contribution in [0.25, 0.3) is 11.1 Å². The van der Waals surface area contributed by atoms with Crippen molar-refractivity contribution in [2.75, 3.05) is 0 Å². The first-order chi connectivity index (χ1) is 25.7. The van der Waals surface area contributed by atoms with E-state index in [9.17, 15) is 61.3 Å². The van der Waals surface area contributed by atoms with Gasteiger partial charge in [0.1, 0.15) is 46.0 Å². The molecule has 0 radical (unpaired) electrons. The third kappa shape index (κ3) is 5.21. The zero-order chi connectivity index (χ0) is 38.3. The molecule has 2 heterocycles. The minimum absolute atomic E-state index is 0.205. The fraction of sp³-hybridized carbons (Fsp3) is 0. The van der Waals surface area contributed by atoms with Crippen molar-refractivity contribution in [3.8, 4) is 149 Å². The van der Waals surface area contributed by atoms with E-state index in [1.807, 2.05) is 0 Å². The maximum Gasteiger partial charge on any atom is 0.220 e. The highest BCUT2D eigenvalue weighted by Gasteiger charge is 2.39. The number of phenols is 12. The summed E-state index contributed by atoms with van der Waals surface area (Å²) in [6.45, 7) is 0. The summed E-state index contributed by atoms with van der Waals surface area (Å²) in [5.41, 5.74) is -1.18. The molecule has 6 aromatic carbocycles. The molecule has 6 aromatic rings. The van der Waals surface area contributed by atoms with E-state index in [1.165, 1.54) is 0 Å². The summed E-state index contributed by atoms with van der Waals surface area (Å²) >= 11 is 0. The van der Waals surface area contributed by atoms with Crippen molar-refractivity contribution in [3.05, 3.63) is 60.7 Å². The lowest BCUT2D eigenvalue weighted by atomic mass is 9.98. The molecule has 0 atom stereocenters. The lowest BCUT2D eigenvalue weighted by Gasteiger charge is -2.28. The van der Waals surface area contributed by atoms with Gasteiger partial charge in [-0.2, -0.15) is 0 Å². The van der Waals surface area contributed by atoms with Gasteiger partial charge in [-0.25, -0.2) is 0 Å². The molecule has 0 saturated heterocycles. The van der Waals surface area contributed by atoms with Crippen LogP contribution in [0.2, 0.25) is 0 Å². The predicted octanol–water partition coefficient (Wildman–Crippen LogP) is 7.20. The smallest absolute Gasteiger partial charge is 0.220 e. The number of benzene rings is 6. The number of fused-ring (bicyclic) bond motifs is 4. The van der Waals surface area contributed by atoms with Crippen LogP contribution in [0, 0.1) is 0 Å². The average molecular weight is 743 g/mol. The molecule has 12 N–H and O–H groups in total. The lowest BCUT2D eigenvalue weighted by Crippen LogP contribution is -2.05. The van der Waals surface area contributed by atoms with Crippen molar-refractivity contribution >= 4 is 0 Å². The monoisotopic (exact) mass is 742 g/mol.